The summed E-state index contributed by atoms with van der Waals surface area (Å²) in [6, 6.07) is 24.0. The molecule has 0 bridgehead atoms. The fourth-order valence-electron chi connectivity index (χ4n) is 4.09. The first kappa shape index (κ1) is 28.8. The Hall–Kier alpha value is -5.16. The minimum Gasteiger partial charge on any atom is -0.497 e. The molecule has 41 heavy (non-hydrogen) atoms. The number of nitriles is 1. The van der Waals surface area contributed by atoms with Gasteiger partial charge in [-0.3, -0.25) is 4.79 Å². The van der Waals surface area contributed by atoms with Crippen LogP contribution in [0.15, 0.2) is 78.9 Å². The molecule has 0 unspecified atom stereocenters. The number of benzene rings is 3. The van der Waals surface area contributed by atoms with Gasteiger partial charge in [0.1, 0.15) is 30.4 Å². The summed E-state index contributed by atoms with van der Waals surface area (Å²) in [5.41, 5.74) is 3.72. The smallest absolute Gasteiger partial charge is 0.320 e. The second kappa shape index (κ2) is 13.8. The molecule has 0 saturated heterocycles. The molecule has 4 aromatic rings. The van der Waals surface area contributed by atoms with Gasteiger partial charge in [0.15, 0.2) is 0 Å². The van der Waals surface area contributed by atoms with Crippen LogP contribution in [-0.2, 0) is 13.2 Å². The quantitative estimate of drug-likeness (QED) is 0.145. The van der Waals surface area contributed by atoms with Crippen molar-refractivity contribution in [2.45, 2.75) is 33.0 Å². The molecule has 1 heterocycles. The number of hydrogen-bond donors (Lipinski definition) is 0. The number of allylic oxidation sites excluding steroid dienone is 1. The molecule has 0 atom stereocenters. The van der Waals surface area contributed by atoms with Gasteiger partial charge >= 0.3 is 6.01 Å². The Morgan fingerprint density at radius 2 is 1.49 bits per heavy atom. The molecule has 0 saturated carbocycles. The number of ketones is 1. The standard InChI is InChI=1S/C33H31N3O5/c1-22(2)29-30(31(37)26-9-5-7-23(19-26)8-6-18-34)35-33(41-21-25-12-16-28(39-4)17-13-25)36-32(29)40-20-24-10-14-27(38-3)15-11-24/h5-17,19,22H,20-21H2,1-4H3. The third-order valence-electron chi connectivity index (χ3n) is 6.24. The van der Waals surface area contributed by atoms with Crippen molar-refractivity contribution < 1.29 is 23.7 Å². The maximum absolute atomic E-state index is 13.9. The second-order valence-corrected chi connectivity index (χ2v) is 9.42. The number of ether oxygens (including phenoxy) is 4. The summed E-state index contributed by atoms with van der Waals surface area (Å²) < 4.78 is 22.6. The van der Waals surface area contributed by atoms with Crippen LogP contribution in [0.25, 0.3) is 6.08 Å². The van der Waals surface area contributed by atoms with Gasteiger partial charge in [0.25, 0.3) is 0 Å². The van der Waals surface area contributed by atoms with Gasteiger partial charge in [0.2, 0.25) is 11.7 Å². The van der Waals surface area contributed by atoms with Crippen molar-refractivity contribution in [3.8, 4) is 29.5 Å². The lowest BCUT2D eigenvalue weighted by atomic mass is 9.96. The first-order valence-electron chi connectivity index (χ1n) is 13.1. The van der Waals surface area contributed by atoms with Crippen molar-refractivity contribution in [3.63, 3.8) is 0 Å². The van der Waals surface area contributed by atoms with Crippen LogP contribution in [0.3, 0.4) is 0 Å². The Morgan fingerprint density at radius 1 is 0.878 bits per heavy atom. The van der Waals surface area contributed by atoms with Gasteiger partial charge in [0, 0.05) is 17.2 Å². The molecule has 208 valence electrons. The van der Waals surface area contributed by atoms with Crippen LogP contribution < -0.4 is 18.9 Å². The SMILES string of the molecule is COc1ccc(COc2nc(OCc3ccc(OC)cc3)c(C(C)C)c(C(=O)c3cccc(C=CC#N)c3)n2)cc1. The predicted molar refractivity (Wildman–Crippen MR) is 155 cm³/mol. The molecular formula is C33H31N3O5. The zero-order chi connectivity index (χ0) is 29.2. The van der Waals surface area contributed by atoms with Crippen LogP contribution in [0.5, 0.6) is 23.4 Å². The Bertz CT molecular complexity index is 1560. The van der Waals surface area contributed by atoms with Crippen molar-refractivity contribution in [1.82, 2.24) is 9.97 Å². The molecule has 0 aliphatic rings. The average Bonchev–Trinajstić information content (AvgIpc) is 3.01. The zero-order valence-electron chi connectivity index (χ0n) is 23.5. The van der Waals surface area contributed by atoms with Crippen LogP contribution in [0, 0.1) is 11.3 Å². The molecule has 0 aliphatic heterocycles. The maximum atomic E-state index is 13.9. The zero-order valence-corrected chi connectivity index (χ0v) is 23.5. The van der Waals surface area contributed by atoms with E-state index in [2.05, 4.69) is 9.97 Å². The van der Waals surface area contributed by atoms with Crippen LogP contribution in [0.4, 0.5) is 0 Å². The molecule has 0 radical (unpaired) electrons. The fraction of sp³-hybridized carbons (Fsp3) is 0.212. The Morgan fingerprint density at radius 3 is 2.05 bits per heavy atom. The number of aromatic nitrogens is 2. The first-order valence-corrected chi connectivity index (χ1v) is 13.1. The Labute approximate surface area is 239 Å². The van der Waals surface area contributed by atoms with E-state index in [1.54, 1.807) is 38.5 Å². The summed E-state index contributed by atoms with van der Waals surface area (Å²) >= 11 is 0. The highest BCUT2D eigenvalue weighted by Crippen LogP contribution is 2.32. The molecule has 0 fully saturated rings. The van der Waals surface area contributed by atoms with Crippen LogP contribution >= 0.6 is 0 Å². The Kier molecular flexibility index (Phi) is 9.68. The monoisotopic (exact) mass is 549 g/mol. The normalized spacial score (nSPS) is 10.8. The van der Waals surface area contributed by atoms with Gasteiger partial charge in [-0.05, 0) is 59.0 Å². The minimum atomic E-state index is -0.299. The highest BCUT2D eigenvalue weighted by atomic mass is 16.5. The maximum Gasteiger partial charge on any atom is 0.320 e. The lowest BCUT2D eigenvalue weighted by Gasteiger charge is -2.18. The third-order valence-corrected chi connectivity index (χ3v) is 6.24. The van der Waals surface area contributed by atoms with E-state index < -0.39 is 0 Å². The molecule has 0 amide bonds. The van der Waals surface area contributed by atoms with E-state index in [0.29, 0.717) is 11.1 Å². The average molecular weight is 550 g/mol. The lowest BCUT2D eigenvalue weighted by Crippen LogP contribution is -2.15. The fourth-order valence-corrected chi connectivity index (χ4v) is 4.09. The number of carbonyl (C=O) groups excluding carboxylic acids is 1. The predicted octanol–water partition coefficient (Wildman–Crippen LogP) is 6.54. The topological polar surface area (TPSA) is 104 Å². The van der Waals surface area contributed by atoms with Crippen molar-refractivity contribution in [2.24, 2.45) is 0 Å². The van der Waals surface area contributed by atoms with E-state index in [1.807, 2.05) is 74.5 Å². The summed E-state index contributed by atoms with van der Waals surface area (Å²) in [7, 11) is 3.22. The van der Waals surface area contributed by atoms with Gasteiger partial charge in [-0.25, -0.2) is 0 Å². The van der Waals surface area contributed by atoms with Gasteiger partial charge in [-0.1, -0.05) is 56.3 Å². The third kappa shape index (κ3) is 7.49. The van der Waals surface area contributed by atoms with Gasteiger partial charge < -0.3 is 18.9 Å². The molecular weight excluding hydrogens is 518 g/mol. The van der Waals surface area contributed by atoms with Crippen molar-refractivity contribution >= 4 is 11.9 Å². The first-order chi connectivity index (χ1) is 19.9. The van der Waals surface area contributed by atoms with E-state index in [-0.39, 0.29) is 42.5 Å². The van der Waals surface area contributed by atoms with Crippen LogP contribution in [0.1, 0.15) is 58.1 Å². The van der Waals surface area contributed by atoms with Gasteiger partial charge in [-0.15, -0.1) is 0 Å². The summed E-state index contributed by atoms with van der Waals surface area (Å²) in [4.78, 5) is 23.0. The van der Waals surface area contributed by atoms with Crippen molar-refractivity contribution in [1.29, 1.82) is 5.26 Å². The number of nitrogens with zero attached hydrogens (tertiary/aromatic N) is 3. The number of carbonyl (C=O) groups is 1. The van der Waals surface area contributed by atoms with Gasteiger partial charge in [-0.2, -0.15) is 15.2 Å². The molecule has 0 spiro atoms. The molecule has 4 rings (SSSR count). The van der Waals surface area contributed by atoms with E-state index in [9.17, 15) is 4.79 Å². The number of rotatable bonds is 12. The molecule has 1 aromatic heterocycles. The van der Waals surface area contributed by atoms with Crippen LogP contribution in [0.2, 0.25) is 0 Å². The summed E-state index contributed by atoms with van der Waals surface area (Å²) in [6.45, 7) is 4.32. The largest absolute Gasteiger partial charge is 0.497 e. The summed E-state index contributed by atoms with van der Waals surface area (Å²) in [6.07, 6.45) is 3.01. The van der Waals surface area contributed by atoms with E-state index in [4.69, 9.17) is 24.2 Å². The lowest BCUT2D eigenvalue weighted by molar-refractivity contribution is 0.102. The summed E-state index contributed by atoms with van der Waals surface area (Å²) in [5.74, 6) is 1.33. The van der Waals surface area contributed by atoms with E-state index >= 15 is 0 Å². The van der Waals surface area contributed by atoms with Gasteiger partial charge in [0.05, 0.1) is 20.3 Å². The molecule has 3 aromatic carbocycles. The second-order valence-electron chi connectivity index (χ2n) is 9.42. The number of hydrogen-bond acceptors (Lipinski definition) is 8. The number of methoxy groups -OCH3 is 2. The molecule has 8 heteroatoms. The van der Waals surface area contributed by atoms with E-state index in [1.165, 1.54) is 6.08 Å². The Balaban J connectivity index is 1.71. The molecule has 0 N–H and O–H groups in total. The van der Waals surface area contributed by atoms with Crippen molar-refractivity contribution in [2.75, 3.05) is 14.2 Å². The van der Waals surface area contributed by atoms with Crippen molar-refractivity contribution in [3.05, 3.63) is 112 Å². The van der Waals surface area contributed by atoms with Crippen LogP contribution in [-0.4, -0.2) is 30.0 Å². The summed E-state index contributed by atoms with van der Waals surface area (Å²) in [5, 5.41) is 8.90. The van der Waals surface area contributed by atoms with E-state index in [0.717, 1.165) is 28.2 Å². The highest BCUT2D eigenvalue weighted by Gasteiger charge is 2.25. The highest BCUT2D eigenvalue weighted by molar-refractivity contribution is 6.09. The minimum absolute atomic E-state index is 0.0267. The molecule has 8 nitrogen and oxygen atoms in total. The molecule has 0 aliphatic carbocycles.